The fourth-order valence-corrected chi connectivity index (χ4v) is 4.35. The Morgan fingerprint density at radius 2 is 1.77 bits per heavy atom. The van der Waals surface area contributed by atoms with E-state index in [0.29, 0.717) is 12.1 Å². The Balaban J connectivity index is 1.64. The van der Waals surface area contributed by atoms with Gasteiger partial charge in [-0.3, -0.25) is 4.79 Å². The lowest BCUT2D eigenvalue weighted by Gasteiger charge is -2.36. The second kappa shape index (κ2) is 7.34. The van der Waals surface area contributed by atoms with Crippen molar-refractivity contribution in [2.24, 2.45) is 0 Å². The molecule has 4 nitrogen and oxygen atoms in total. The van der Waals surface area contributed by atoms with Crippen LogP contribution in [-0.2, 0) is 6.42 Å². The molecule has 4 aromatic rings. The Hall–Kier alpha value is -3.60. The molecule has 1 aromatic heterocycles. The van der Waals surface area contributed by atoms with Crippen molar-refractivity contribution in [3.05, 3.63) is 101 Å². The van der Waals surface area contributed by atoms with Crippen molar-refractivity contribution in [2.45, 2.75) is 12.5 Å². The number of carbonyl (C=O) groups excluding carboxylic acids is 1. The summed E-state index contributed by atoms with van der Waals surface area (Å²) in [5.41, 5.74) is 4.82. The summed E-state index contributed by atoms with van der Waals surface area (Å²) in [4.78, 5) is 18.8. The highest BCUT2D eigenvalue weighted by atomic mass is 19.1. The molecule has 0 unspecified atom stereocenters. The highest BCUT2D eigenvalue weighted by molar-refractivity contribution is 5.95. The first-order valence-corrected chi connectivity index (χ1v) is 9.95. The molecule has 1 aliphatic rings. The number of nitrogens with one attached hydrogen (secondary N) is 1. The van der Waals surface area contributed by atoms with Crippen LogP contribution in [0, 0.1) is 5.82 Å². The predicted octanol–water partition coefficient (Wildman–Crippen LogP) is 5.10. The summed E-state index contributed by atoms with van der Waals surface area (Å²) < 4.78 is 18.7. The fraction of sp³-hybridized carbons (Fsp3) is 0.160. The molecular formula is C25H21FN2O2. The lowest BCUT2D eigenvalue weighted by Crippen LogP contribution is -2.40. The van der Waals surface area contributed by atoms with Gasteiger partial charge in [-0.2, -0.15) is 0 Å². The number of rotatable bonds is 3. The van der Waals surface area contributed by atoms with Gasteiger partial charge in [-0.15, -0.1) is 0 Å². The van der Waals surface area contributed by atoms with Gasteiger partial charge in [0.1, 0.15) is 11.6 Å². The van der Waals surface area contributed by atoms with E-state index in [-0.39, 0.29) is 17.8 Å². The van der Waals surface area contributed by atoms with Crippen molar-refractivity contribution < 1.29 is 13.9 Å². The van der Waals surface area contributed by atoms with Crippen LogP contribution in [0.3, 0.4) is 0 Å². The molecule has 5 rings (SSSR count). The van der Waals surface area contributed by atoms with E-state index >= 15 is 0 Å². The third kappa shape index (κ3) is 3.03. The number of benzene rings is 3. The molecule has 0 bridgehead atoms. The second-order valence-corrected chi connectivity index (χ2v) is 7.49. The number of hydrogen-bond acceptors (Lipinski definition) is 2. The molecule has 1 N–H and O–H groups in total. The molecule has 150 valence electrons. The fourth-order valence-electron chi connectivity index (χ4n) is 4.35. The summed E-state index contributed by atoms with van der Waals surface area (Å²) in [5, 5.41) is 1.19. The molecular weight excluding hydrogens is 379 g/mol. The SMILES string of the molecule is COc1ccc([C@@H]2c3[nH]c4ccccc4c3CCN2C(=O)c2ccc(F)cc2)cc1. The zero-order valence-corrected chi connectivity index (χ0v) is 16.6. The Labute approximate surface area is 173 Å². The average molecular weight is 400 g/mol. The highest BCUT2D eigenvalue weighted by Gasteiger charge is 2.34. The number of aromatic amines is 1. The van der Waals surface area contributed by atoms with Gasteiger partial charge in [0.15, 0.2) is 0 Å². The van der Waals surface area contributed by atoms with Gasteiger partial charge < -0.3 is 14.6 Å². The van der Waals surface area contributed by atoms with Crippen molar-refractivity contribution in [3.63, 3.8) is 0 Å². The molecule has 5 heteroatoms. The topological polar surface area (TPSA) is 45.3 Å². The highest BCUT2D eigenvalue weighted by Crippen LogP contribution is 2.39. The molecule has 0 radical (unpaired) electrons. The number of H-pyrrole nitrogens is 1. The van der Waals surface area contributed by atoms with Crippen LogP contribution in [0.1, 0.15) is 33.2 Å². The van der Waals surface area contributed by atoms with E-state index in [0.717, 1.165) is 28.9 Å². The number of amides is 1. The van der Waals surface area contributed by atoms with Gasteiger partial charge >= 0.3 is 0 Å². The van der Waals surface area contributed by atoms with Crippen LogP contribution in [-0.4, -0.2) is 29.4 Å². The number of ether oxygens (including phenoxy) is 1. The minimum absolute atomic E-state index is 0.111. The minimum atomic E-state index is -0.352. The maximum atomic E-state index is 13.4. The largest absolute Gasteiger partial charge is 0.497 e. The number of aromatic nitrogens is 1. The Kier molecular flexibility index (Phi) is 4.51. The van der Waals surface area contributed by atoms with Gasteiger partial charge in [0.25, 0.3) is 5.91 Å². The number of nitrogens with zero attached hydrogens (tertiary/aromatic N) is 1. The van der Waals surface area contributed by atoms with E-state index in [1.165, 1.54) is 23.1 Å². The molecule has 30 heavy (non-hydrogen) atoms. The standard InChI is InChI=1S/C25H21FN2O2/c1-30-19-12-8-16(9-13-19)24-23-21(20-4-2-3-5-22(20)27-23)14-15-28(24)25(29)17-6-10-18(26)11-7-17/h2-13,24,27H,14-15H2,1H3/t24-/m1/s1. The van der Waals surface area contributed by atoms with E-state index < -0.39 is 0 Å². The van der Waals surface area contributed by atoms with E-state index in [1.807, 2.05) is 41.3 Å². The van der Waals surface area contributed by atoms with Crippen molar-refractivity contribution >= 4 is 16.8 Å². The lowest BCUT2D eigenvalue weighted by atomic mass is 9.91. The predicted molar refractivity (Wildman–Crippen MR) is 114 cm³/mol. The minimum Gasteiger partial charge on any atom is -0.497 e. The molecule has 1 amide bonds. The van der Waals surface area contributed by atoms with Crippen molar-refractivity contribution in [1.29, 1.82) is 0 Å². The molecule has 0 aliphatic carbocycles. The van der Waals surface area contributed by atoms with Crippen LogP contribution < -0.4 is 4.74 Å². The number of methoxy groups -OCH3 is 1. The van der Waals surface area contributed by atoms with Gasteiger partial charge in [-0.05, 0) is 60.0 Å². The number of hydrogen-bond donors (Lipinski definition) is 1. The third-order valence-corrected chi connectivity index (χ3v) is 5.82. The Morgan fingerprint density at radius 3 is 2.50 bits per heavy atom. The molecule has 2 heterocycles. The van der Waals surface area contributed by atoms with Crippen molar-refractivity contribution in [3.8, 4) is 5.75 Å². The summed E-state index contributed by atoms with van der Waals surface area (Å²) in [6.07, 6.45) is 0.763. The summed E-state index contributed by atoms with van der Waals surface area (Å²) in [7, 11) is 1.63. The summed E-state index contributed by atoms with van der Waals surface area (Å²) >= 11 is 0. The van der Waals surface area contributed by atoms with Gasteiger partial charge in [0.2, 0.25) is 0 Å². The summed E-state index contributed by atoms with van der Waals surface area (Å²) in [6.45, 7) is 0.585. The van der Waals surface area contributed by atoms with Crippen LogP contribution >= 0.6 is 0 Å². The number of halogens is 1. The molecule has 0 fully saturated rings. The Morgan fingerprint density at radius 1 is 1.03 bits per heavy atom. The quantitative estimate of drug-likeness (QED) is 0.520. The monoisotopic (exact) mass is 400 g/mol. The Bertz CT molecular complexity index is 1210. The van der Waals surface area contributed by atoms with Gasteiger partial charge in [0.05, 0.1) is 13.2 Å². The number of para-hydroxylation sites is 1. The van der Waals surface area contributed by atoms with E-state index in [9.17, 15) is 9.18 Å². The molecule has 1 atom stereocenters. The van der Waals surface area contributed by atoms with E-state index in [2.05, 4.69) is 17.1 Å². The first-order chi connectivity index (χ1) is 14.7. The summed E-state index contributed by atoms with van der Waals surface area (Å²) in [5.74, 6) is 0.303. The number of fused-ring (bicyclic) bond motifs is 3. The zero-order chi connectivity index (χ0) is 20.7. The smallest absolute Gasteiger partial charge is 0.254 e. The van der Waals surface area contributed by atoms with Crippen LogP contribution in [0.15, 0.2) is 72.8 Å². The normalized spacial score (nSPS) is 15.8. The van der Waals surface area contributed by atoms with Crippen LogP contribution in [0.25, 0.3) is 10.9 Å². The van der Waals surface area contributed by atoms with Crippen LogP contribution in [0.2, 0.25) is 0 Å². The van der Waals surface area contributed by atoms with Crippen molar-refractivity contribution in [1.82, 2.24) is 9.88 Å². The average Bonchev–Trinajstić information content (AvgIpc) is 3.17. The van der Waals surface area contributed by atoms with Crippen molar-refractivity contribution in [2.75, 3.05) is 13.7 Å². The second-order valence-electron chi connectivity index (χ2n) is 7.49. The summed E-state index contributed by atoms with van der Waals surface area (Å²) in [6, 6.07) is 21.5. The third-order valence-electron chi connectivity index (χ3n) is 5.82. The van der Waals surface area contributed by atoms with Gasteiger partial charge in [0, 0.05) is 28.7 Å². The zero-order valence-electron chi connectivity index (χ0n) is 16.6. The molecule has 3 aromatic carbocycles. The lowest BCUT2D eigenvalue weighted by molar-refractivity contribution is 0.0692. The number of carbonyl (C=O) groups is 1. The maximum Gasteiger partial charge on any atom is 0.254 e. The van der Waals surface area contributed by atoms with Gasteiger partial charge in [-0.25, -0.2) is 4.39 Å². The first kappa shape index (κ1) is 18.4. The molecule has 0 saturated heterocycles. The molecule has 0 spiro atoms. The van der Waals surface area contributed by atoms with Gasteiger partial charge in [-0.1, -0.05) is 30.3 Å². The van der Waals surface area contributed by atoms with Crippen LogP contribution in [0.5, 0.6) is 5.75 Å². The van der Waals surface area contributed by atoms with E-state index in [1.54, 1.807) is 19.2 Å². The van der Waals surface area contributed by atoms with E-state index in [4.69, 9.17) is 4.74 Å². The molecule has 0 saturated carbocycles. The van der Waals surface area contributed by atoms with Crippen LogP contribution in [0.4, 0.5) is 4.39 Å². The molecule has 1 aliphatic heterocycles. The first-order valence-electron chi connectivity index (χ1n) is 9.95. The maximum absolute atomic E-state index is 13.4.